The molecule has 0 radical (unpaired) electrons. The summed E-state index contributed by atoms with van der Waals surface area (Å²) in [5.41, 5.74) is -1.19. The molecule has 0 spiro atoms. The van der Waals surface area contributed by atoms with Crippen molar-refractivity contribution in [3.63, 3.8) is 0 Å². The molecule has 3 nitrogen and oxygen atoms in total. The normalized spacial score (nSPS) is 11.6. The average molecular weight is 412 g/mol. The van der Waals surface area contributed by atoms with E-state index in [-0.39, 0.29) is 23.0 Å². The van der Waals surface area contributed by atoms with Crippen molar-refractivity contribution < 1.29 is 31.1 Å². The van der Waals surface area contributed by atoms with Gasteiger partial charge in [0.2, 0.25) is 0 Å². The molecule has 0 atom stereocenters. The molecule has 0 saturated heterocycles. The number of hydrogen-bond acceptors (Lipinski definition) is 1. The number of hydrogen-bond donors (Lipinski definition) is 1. The van der Waals surface area contributed by atoms with Gasteiger partial charge >= 0.3 is 6.18 Å². The molecule has 29 heavy (non-hydrogen) atoms. The minimum Gasteiger partial charge on any atom is -0.319 e. The molecule has 2 aromatic carbocycles. The van der Waals surface area contributed by atoms with Crippen molar-refractivity contribution in [1.29, 1.82) is 0 Å². The van der Waals surface area contributed by atoms with Gasteiger partial charge in [0.1, 0.15) is 5.82 Å². The van der Waals surface area contributed by atoms with Crippen LogP contribution in [0.3, 0.4) is 0 Å². The van der Waals surface area contributed by atoms with Crippen LogP contribution in [0, 0.1) is 31.3 Å². The van der Waals surface area contributed by atoms with Gasteiger partial charge < -0.3 is 9.88 Å². The van der Waals surface area contributed by atoms with E-state index in [0.29, 0.717) is 11.8 Å². The molecule has 1 N–H and O–H groups in total. The van der Waals surface area contributed by atoms with E-state index in [2.05, 4.69) is 5.32 Å². The highest BCUT2D eigenvalue weighted by molar-refractivity contribution is 6.05. The summed E-state index contributed by atoms with van der Waals surface area (Å²) in [5.74, 6) is -4.83. The van der Waals surface area contributed by atoms with Crippen LogP contribution in [-0.2, 0) is 6.18 Å². The first-order valence-electron chi connectivity index (χ1n) is 8.32. The first kappa shape index (κ1) is 20.5. The SMILES string of the molecule is Cc1cc(C(=O)Nc2cc(F)c(F)cc2F)c(C)n1-c1ccccc1C(F)(F)F. The molecular formula is C20H14F6N2O. The van der Waals surface area contributed by atoms with Crippen LogP contribution in [0.4, 0.5) is 32.0 Å². The van der Waals surface area contributed by atoms with Crippen molar-refractivity contribution in [3.8, 4) is 5.69 Å². The number of aromatic nitrogens is 1. The second-order valence-corrected chi connectivity index (χ2v) is 6.34. The molecule has 9 heteroatoms. The van der Waals surface area contributed by atoms with Crippen molar-refractivity contribution in [2.24, 2.45) is 0 Å². The summed E-state index contributed by atoms with van der Waals surface area (Å²) < 4.78 is 81.5. The fourth-order valence-electron chi connectivity index (χ4n) is 3.08. The zero-order valence-electron chi connectivity index (χ0n) is 15.2. The van der Waals surface area contributed by atoms with Crippen LogP contribution >= 0.6 is 0 Å². The molecule has 1 heterocycles. The van der Waals surface area contributed by atoms with Gasteiger partial charge in [-0.25, -0.2) is 13.2 Å². The number of carbonyl (C=O) groups excluding carboxylic acids is 1. The number of alkyl halides is 3. The third-order valence-corrected chi connectivity index (χ3v) is 4.38. The van der Waals surface area contributed by atoms with Crippen LogP contribution in [0.15, 0.2) is 42.5 Å². The molecule has 0 unspecified atom stereocenters. The third kappa shape index (κ3) is 3.85. The second-order valence-electron chi connectivity index (χ2n) is 6.34. The highest BCUT2D eigenvalue weighted by atomic mass is 19.4. The van der Waals surface area contributed by atoms with E-state index in [1.54, 1.807) is 0 Å². The van der Waals surface area contributed by atoms with Gasteiger partial charge in [-0.05, 0) is 32.0 Å². The largest absolute Gasteiger partial charge is 0.418 e. The monoisotopic (exact) mass is 412 g/mol. The predicted molar refractivity (Wildman–Crippen MR) is 94.5 cm³/mol. The number of nitrogens with zero attached hydrogens (tertiary/aromatic N) is 1. The summed E-state index contributed by atoms with van der Waals surface area (Å²) in [4.78, 5) is 12.5. The van der Waals surface area contributed by atoms with Gasteiger partial charge in [-0.3, -0.25) is 4.79 Å². The van der Waals surface area contributed by atoms with E-state index < -0.39 is 40.8 Å². The van der Waals surface area contributed by atoms with E-state index in [4.69, 9.17) is 0 Å². The average Bonchev–Trinajstić information content (AvgIpc) is 2.93. The summed E-state index contributed by atoms with van der Waals surface area (Å²) in [7, 11) is 0. The van der Waals surface area contributed by atoms with Gasteiger partial charge in [-0.15, -0.1) is 0 Å². The second kappa shape index (κ2) is 7.31. The number of anilines is 1. The fraction of sp³-hybridized carbons (Fsp3) is 0.150. The minimum absolute atomic E-state index is 0.0383. The van der Waals surface area contributed by atoms with E-state index in [1.165, 1.54) is 42.7 Å². The maximum atomic E-state index is 13.8. The molecule has 3 rings (SSSR count). The Balaban J connectivity index is 2.03. The Bertz CT molecular complexity index is 1100. The van der Waals surface area contributed by atoms with E-state index in [9.17, 15) is 31.1 Å². The zero-order valence-corrected chi connectivity index (χ0v) is 15.2. The Morgan fingerprint density at radius 3 is 2.21 bits per heavy atom. The van der Waals surface area contributed by atoms with Crippen LogP contribution in [0.5, 0.6) is 0 Å². The zero-order chi connectivity index (χ0) is 21.5. The van der Waals surface area contributed by atoms with E-state index >= 15 is 0 Å². The number of para-hydroxylation sites is 1. The summed E-state index contributed by atoms with van der Waals surface area (Å²) in [5, 5.41) is 2.12. The molecule has 0 bridgehead atoms. The van der Waals surface area contributed by atoms with Crippen molar-refractivity contribution in [2.75, 3.05) is 5.32 Å². The quantitative estimate of drug-likeness (QED) is 0.429. The van der Waals surface area contributed by atoms with E-state index in [1.807, 2.05) is 0 Å². The molecule has 1 amide bonds. The smallest absolute Gasteiger partial charge is 0.319 e. The van der Waals surface area contributed by atoms with Crippen LogP contribution in [-0.4, -0.2) is 10.5 Å². The number of halogens is 6. The number of nitrogens with one attached hydrogen (secondary N) is 1. The maximum absolute atomic E-state index is 13.8. The number of benzene rings is 2. The Morgan fingerprint density at radius 2 is 1.55 bits per heavy atom. The molecule has 0 saturated carbocycles. The number of rotatable bonds is 3. The topological polar surface area (TPSA) is 34.0 Å². The Morgan fingerprint density at radius 1 is 0.931 bits per heavy atom. The lowest BCUT2D eigenvalue weighted by atomic mass is 10.1. The van der Waals surface area contributed by atoms with Crippen molar-refractivity contribution >= 4 is 11.6 Å². The van der Waals surface area contributed by atoms with Gasteiger partial charge in [0.25, 0.3) is 5.91 Å². The predicted octanol–water partition coefficient (Wildman–Crippen LogP) is 5.78. The highest BCUT2D eigenvalue weighted by Gasteiger charge is 2.34. The first-order valence-corrected chi connectivity index (χ1v) is 8.32. The van der Waals surface area contributed by atoms with Crippen LogP contribution in [0.25, 0.3) is 5.69 Å². The molecular weight excluding hydrogens is 398 g/mol. The van der Waals surface area contributed by atoms with Gasteiger partial charge in [0, 0.05) is 23.5 Å². The lowest BCUT2D eigenvalue weighted by Gasteiger charge is -2.17. The maximum Gasteiger partial charge on any atom is 0.418 e. The lowest BCUT2D eigenvalue weighted by Crippen LogP contribution is -2.15. The van der Waals surface area contributed by atoms with E-state index in [0.717, 1.165) is 6.07 Å². The van der Waals surface area contributed by atoms with Crippen molar-refractivity contribution in [1.82, 2.24) is 4.57 Å². The van der Waals surface area contributed by atoms with Crippen LogP contribution < -0.4 is 5.32 Å². The molecule has 0 aliphatic rings. The number of aryl methyl sites for hydroxylation is 1. The van der Waals surface area contributed by atoms with Gasteiger partial charge in [-0.1, -0.05) is 12.1 Å². The summed E-state index contributed by atoms with van der Waals surface area (Å²) in [6, 6.07) is 6.97. The van der Waals surface area contributed by atoms with Gasteiger partial charge in [0.05, 0.1) is 22.5 Å². The fourth-order valence-corrected chi connectivity index (χ4v) is 3.08. The molecule has 0 aliphatic carbocycles. The molecule has 1 aromatic heterocycles. The van der Waals surface area contributed by atoms with Gasteiger partial charge in [-0.2, -0.15) is 13.2 Å². The third-order valence-electron chi connectivity index (χ3n) is 4.38. The van der Waals surface area contributed by atoms with Crippen LogP contribution in [0.1, 0.15) is 27.3 Å². The molecule has 3 aromatic rings. The lowest BCUT2D eigenvalue weighted by molar-refractivity contribution is -0.137. The molecule has 0 fully saturated rings. The Kier molecular flexibility index (Phi) is 5.16. The summed E-state index contributed by atoms with van der Waals surface area (Å²) >= 11 is 0. The van der Waals surface area contributed by atoms with Crippen LogP contribution in [0.2, 0.25) is 0 Å². The first-order chi connectivity index (χ1) is 13.5. The van der Waals surface area contributed by atoms with Crippen molar-refractivity contribution in [3.05, 3.63) is 82.4 Å². The standard InChI is InChI=1S/C20H14F6N2O/c1-10-7-12(19(29)27-17-9-15(22)14(21)8-16(17)23)11(2)28(10)18-6-4-3-5-13(18)20(24,25)26/h3-9H,1-2H3,(H,27,29). The number of amides is 1. The Labute approximate surface area is 161 Å². The molecule has 152 valence electrons. The summed E-state index contributed by atoms with van der Waals surface area (Å²) in [6.45, 7) is 2.94. The Hall–Kier alpha value is -3.23. The number of carbonyl (C=O) groups is 1. The van der Waals surface area contributed by atoms with Gasteiger partial charge in [0.15, 0.2) is 11.6 Å². The highest BCUT2D eigenvalue weighted by Crippen LogP contribution is 2.35. The summed E-state index contributed by atoms with van der Waals surface area (Å²) in [6.07, 6.45) is -4.61. The minimum atomic E-state index is -4.61. The van der Waals surface area contributed by atoms with Crippen molar-refractivity contribution in [2.45, 2.75) is 20.0 Å². The molecule has 0 aliphatic heterocycles.